The van der Waals surface area contributed by atoms with Crippen LogP contribution in [-0.2, 0) is 9.53 Å². The van der Waals surface area contributed by atoms with Crippen molar-refractivity contribution >= 4 is 5.97 Å². The Kier molecular flexibility index (Phi) is 11.3. The molecule has 0 bridgehead atoms. The summed E-state index contributed by atoms with van der Waals surface area (Å²) in [6.07, 6.45) is 8.51. The lowest BCUT2D eigenvalue weighted by atomic mass is 10.1. The average molecular weight is 359 g/mol. The number of aliphatic carboxylic acids is 1. The first kappa shape index (κ1) is 22.4. The SMILES string of the molecule is CCCC[C@@H]1[C@H](CCC)[C@H]1CCOC(O)NCCCC[C@H](N)C(=O)O. The molecular formula is C19H38N2O4. The third-order valence-electron chi connectivity index (χ3n) is 5.33. The molecule has 5 N–H and O–H groups in total. The smallest absolute Gasteiger partial charge is 0.320 e. The maximum atomic E-state index is 10.6. The Balaban J connectivity index is 2.04. The number of nitrogens with two attached hydrogens (primary N) is 1. The van der Waals surface area contributed by atoms with Crippen molar-refractivity contribution in [3.63, 3.8) is 0 Å². The molecule has 6 heteroatoms. The van der Waals surface area contributed by atoms with E-state index in [1.165, 1.54) is 32.1 Å². The van der Waals surface area contributed by atoms with Crippen molar-refractivity contribution in [2.45, 2.75) is 84.1 Å². The molecule has 1 fully saturated rings. The maximum Gasteiger partial charge on any atom is 0.320 e. The Hall–Kier alpha value is -0.690. The highest BCUT2D eigenvalue weighted by molar-refractivity contribution is 5.72. The quantitative estimate of drug-likeness (QED) is 0.250. The number of hydrogen-bond acceptors (Lipinski definition) is 5. The topological polar surface area (TPSA) is 105 Å². The number of aliphatic hydroxyl groups is 1. The van der Waals surface area contributed by atoms with Gasteiger partial charge in [-0.15, -0.1) is 0 Å². The molecule has 0 aromatic heterocycles. The molecule has 0 aliphatic heterocycles. The van der Waals surface area contributed by atoms with Gasteiger partial charge in [0.05, 0.1) is 6.61 Å². The highest BCUT2D eigenvalue weighted by atomic mass is 16.6. The van der Waals surface area contributed by atoms with E-state index >= 15 is 0 Å². The first-order valence-electron chi connectivity index (χ1n) is 10.0. The van der Waals surface area contributed by atoms with Crippen LogP contribution in [0.5, 0.6) is 0 Å². The first-order chi connectivity index (χ1) is 12.0. The minimum absolute atomic E-state index is 0.452. The number of carboxylic acid groups (broad SMARTS) is 1. The second-order valence-electron chi connectivity index (χ2n) is 7.33. The summed E-state index contributed by atoms with van der Waals surface area (Å²) in [6, 6.07) is -0.795. The molecule has 0 aromatic carbocycles. The fourth-order valence-corrected chi connectivity index (χ4v) is 3.79. The molecule has 5 atom stereocenters. The van der Waals surface area contributed by atoms with E-state index in [1.54, 1.807) is 0 Å². The van der Waals surface area contributed by atoms with Crippen LogP contribution in [0.4, 0.5) is 0 Å². The third kappa shape index (κ3) is 8.99. The summed E-state index contributed by atoms with van der Waals surface area (Å²) < 4.78 is 5.46. The van der Waals surface area contributed by atoms with Gasteiger partial charge in [-0.25, -0.2) is 0 Å². The van der Waals surface area contributed by atoms with E-state index in [-0.39, 0.29) is 0 Å². The molecule has 148 valence electrons. The number of rotatable bonds is 16. The van der Waals surface area contributed by atoms with Gasteiger partial charge in [-0.3, -0.25) is 10.1 Å². The van der Waals surface area contributed by atoms with Crippen LogP contribution in [0.1, 0.15) is 71.6 Å². The zero-order chi connectivity index (χ0) is 18.7. The van der Waals surface area contributed by atoms with Gasteiger partial charge in [0, 0.05) is 0 Å². The number of nitrogens with one attached hydrogen (secondary N) is 1. The van der Waals surface area contributed by atoms with Gasteiger partial charge in [0.25, 0.3) is 0 Å². The molecule has 1 saturated carbocycles. The van der Waals surface area contributed by atoms with Crippen molar-refractivity contribution in [3.8, 4) is 0 Å². The minimum atomic E-state index is -0.963. The van der Waals surface area contributed by atoms with Gasteiger partial charge in [0.1, 0.15) is 6.04 Å². The zero-order valence-corrected chi connectivity index (χ0v) is 16.0. The molecule has 0 radical (unpaired) electrons. The largest absolute Gasteiger partial charge is 0.480 e. The van der Waals surface area contributed by atoms with Gasteiger partial charge < -0.3 is 20.7 Å². The van der Waals surface area contributed by atoms with Crippen LogP contribution < -0.4 is 11.1 Å². The number of ether oxygens (including phenoxy) is 1. The lowest BCUT2D eigenvalue weighted by Crippen LogP contribution is -2.33. The molecule has 6 nitrogen and oxygen atoms in total. The number of carbonyl (C=O) groups is 1. The second-order valence-corrected chi connectivity index (χ2v) is 7.33. The van der Waals surface area contributed by atoms with Crippen molar-refractivity contribution in [2.75, 3.05) is 13.2 Å². The Morgan fingerprint density at radius 3 is 2.40 bits per heavy atom. The van der Waals surface area contributed by atoms with Gasteiger partial charge in [-0.2, -0.15) is 0 Å². The number of carboxylic acids is 1. The Labute approximate surface area is 152 Å². The zero-order valence-electron chi connectivity index (χ0n) is 16.0. The van der Waals surface area contributed by atoms with Gasteiger partial charge in [0.15, 0.2) is 0 Å². The third-order valence-corrected chi connectivity index (χ3v) is 5.33. The summed E-state index contributed by atoms with van der Waals surface area (Å²) in [6.45, 7) is 5.67. The van der Waals surface area contributed by atoms with E-state index in [2.05, 4.69) is 19.2 Å². The van der Waals surface area contributed by atoms with Crippen molar-refractivity contribution < 1.29 is 19.7 Å². The second kappa shape index (κ2) is 12.6. The van der Waals surface area contributed by atoms with Crippen molar-refractivity contribution in [1.82, 2.24) is 5.32 Å². The molecule has 0 aromatic rings. The highest BCUT2D eigenvalue weighted by Crippen LogP contribution is 2.53. The van der Waals surface area contributed by atoms with Gasteiger partial charge in [-0.1, -0.05) is 46.0 Å². The van der Waals surface area contributed by atoms with Crippen LogP contribution >= 0.6 is 0 Å². The van der Waals surface area contributed by atoms with Crippen molar-refractivity contribution in [3.05, 3.63) is 0 Å². The summed E-state index contributed by atoms with van der Waals surface area (Å²) in [4.78, 5) is 10.6. The monoisotopic (exact) mass is 358 g/mol. The lowest BCUT2D eigenvalue weighted by Gasteiger charge is -2.14. The summed E-state index contributed by atoms with van der Waals surface area (Å²) >= 11 is 0. The van der Waals surface area contributed by atoms with Crippen LogP contribution in [0.15, 0.2) is 0 Å². The van der Waals surface area contributed by atoms with Crippen LogP contribution in [0.25, 0.3) is 0 Å². The predicted octanol–water partition coefficient (Wildman–Crippen LogP) is 2.69. The molecule has 25 heavy (non-hydrogen) atoms. The molecule has 0 saturated heterocycles. The van der Waals surface area contributed by atoms with E-state index in [1.807, 2.05) is 0 Å². The first-order valence-corrected chi connectivity index (χ1v) is 10.0. The number of aliphatic hydroxyl groups excluding tert-OH is 1. The summed E-state index contributed by atoms with van der Waals surface area (Å²) in [5.74, 6) is 1.54. The average Bonchev–Trinajstić information content (AvgIpc) is 3.23. The van der Waals surface area contributed by atoms with E-state index in [4.69, 9.17) is 15.6 Å². The van der Waals surface area contributed by atoms with Crippen LogP contribution in [0, 0.1) is 17.8 Å². The fourth-order valence-electron chi connectivity index (χ4n) is 3.79. The Bertz CT molecular complexity index is 367. The maximum absolute atomic E-state index is 10.6. The molecule has 1 aliphatic carbocycles. The van der Waals surface area contributed by atoms with E-state index in [9.17, 15) is 9.90 Å². The molecular weight excluding hydrogens is 320 g/mol. The molecule has 1 rings (SSSR count). The van der Waals surface area contributed by atoms with Crippen molar-refractivity contribution in [2.24, 2.45) is 23.5 Å². The minimum Gasteiger partial charge on any atom is -0.480 e. The lowest BCUT2D eigenvalue weighted by molar-refractivity contribution is -0.138. The van der Waals surface area contributed by atoms with Crippen LogP contribution in [0.2, 0.25) is 0 Å². The Morgan fingerprint density at radius 2 is 1.76 bits per heavy atom. The molecule has 0 spiro atoms. The molecule has 1 unspecified atom stereocenters. The summed E-state index contributed by atoms with van der Waals surface area (Å²) in [5.41, 5.74) is 5.44. The van der Waals surface area contributed by atoms with Gasteiger partial charge in [-0.05, 0) is 50.0 Å². The van der Waals surface area contributed by atoms with E-state index < -0.39 is 18.4 Å². The van der Waals surface area contributed by atoms with Crippen molar-refractivity contribution in [1.29, 1.82) is 0 Å². The predicted molar refractivity (Wildman–Crippen MR) is 98.9 cm³/mol. The standard InChI is InChI=1S/C19H38N2O4/c1-3-5-9-15-14(8-4-2)16(15)11-13-25-19(24)21-12-7-6-10-17(20)18(22)23/h14-17,19,21,24H,3-13,20H2,1-2H3,(H,22,23)/t14-,15+,16+,17-,19?/m0/s1. The fraction of sp³-hybridized carbons (Fsp3) is 0.947. The van der Waals surface area contributed by atoms with Crippen LogP contribution in [0.3, 0.4) is 0 Å². The van der Waals surface area contributed by atoms with Gasteiger partial charge in [0.2, 0.25) is 6.41 Å². The highest BCUT2D eigenvalue weighted by Gasteiger charge is 2.47. The summed E-state index contributed by atoms with van der Waals surface area (Å²) in [5, 5.41) is 21.4. The normalized spacial score (nSPS) is 24.9. The Morgan fingerprint density at radius 1 is 1.08 bits per heavy atom. The van der Waals surface area contributed by atoms with Crippen LogP contribution in [-0.4, -0.2) is 41.8 Å². The summed E-state index contributed by atoms with van der Waals surface area (Å²) in [7, 11) is 0. The molecule has 0 heterocycles. The molecule has 1 aliphatic rings. The number of hydrogen-bond donors (Lipinski definition) is 4. The van der Waals surface area contributed by atoms with E-state index in [0.717, 1.165) is 30.6 Å². The van der Waals surface area contributed by atoms with E-state index in [0.29, 0.717) is 26.0 Å². The molecule has 0 amide bonds. The van der Waals surface area contributed by atoms with Gasteiger partial charge >= 0.3 is 5.97 Å². The number of unbranched alkanes of at least 4 members (excludes halogenated alkanes) is 2.